The number of hydrogen-bond acceptors (Lipinski definition) is 3. The first-order valence-electron chi connectivity index (χ1n) is 6.66. The number of nitrogens with one attached hydrogen (secondary N) is 1. The first-order valence-corrected chi connectivity index (χ1v) is 7.48. The van der Waals surface area contributed by atoms with Gasteiger partial charge in [-0.1, -0.05) is 0 Å². The van der Waals surface area contributed by atoms with Gasteiger partial charge >= 0.3 is 5.51 Å². The van der Waals surface area contributed by atoms with Gasteiger partial charge < -0.3 is 10.4 Å². The van der Waals surface area contributed by atoms with Crippen LogP contribution in [-0.2, 0) is 0 Å². The van der Waals surface area contributed by atoms with Crippen molar-refractivity contribution in [3.63, 3.8) is 0 Å². The second kappa shape index (κ2) is 6.70. The summed E-state index contributed by atoms with van der Waals surface area (Å²) in [5.41, 5.74) is -4.01. The highest BCUT2D eigenvalue weighted by atomic mass is 32.2. The number of benzene rings is 1. The molecule has 0 saturated heterocycles. The van der Waals surface area contributed by atoms with Crippen LogP contribution in [0.15, 0.2) is 29.2 Å². The average Bonchev–Trinajstić information content (AvgIpc) is 3.21. The van der Waals surface area contributed by atoms with Gasteiger partial charge in [0.15, 0.2) is 0 Å². The standard InChI is InChI=1S/C14H16F3NO2S/c15-14(16,17)21-11-5-3-10(4-6-11)13(20)18-12(7-8-19)9-1-2-9/h3-6,9,12,19H,1-2,7-8H2,(H,18,20)/t12-/m1/s1. The highest BCUT2D eigenvalue weighted by Gasteiger charge is 2.32. The number of alkyl halides is 3. The van der Waals surface area contributed by atoms with Crippen molar-refractivity contribution in [3.05, 3.63) is 29.8 Å². The van der Waals surface area contributed by atoms with Gasteiger partial charge in [0.2, 0.25) is 0 Å². The molecule has 1 aromatic carbocycles. The highest BCUT2D eigenvalue weighted by molar-refractivity contribution is 8.00. The first kappa shape index (κ1) is 16.2. The lowest BCUT2D eigenvalue weighted by Gasteiger charge is -2.17. The molecule has 1 aliphatic rings. The van der Waals surface area contributed by atoms with Crippen molar-refractivity contribution < 1.29 is 23.1 Å². The van der Waals surface area contributed by atoms with E-state index in [2.05, 4.69) is 5.32 Å². The average molecular weight is 319 g/mol. The maximum atomic E-state index is 12.2. The maximum Gasteiger partial charge on any atom is 0.446 e. The SMILES string of the molecule is O=C(N[C@H](CCO)C1CC1)c1ccc(SC(F)(F)F)cc1. The van der Waals surface area contributed by atoms with E-state index in [1.165, 1.54) is 24.3 Å². The smallest absolute Gasteiger partial charge is 0.396 e. The number of aliphatic hydroxyl groups is 1. The lowest BCUT2D eigenvalue weighted by atomic mass is 10.1. The van der Waals surface area contributed by atoms with Crippen molar-refractivity contribution in [1.82, 2.24) is 5.32 Å². The van der Waals surface area contributed by atoms with Gasteiger partial charge in [-0.25, -0.2) is 0 Å². The number of halogens is 3. The third kappa shape index (κ3) is 5.24. The molecule has 2 rings (SSSR count). The van der Waals surface area contributed by atoms with Crippen LogP contribution in [0.25, 0.3) is 0 Å². The predicted molar refractivity (Wildman–Crippen MR) is 74.0 cm³/mol. The number of thioether (sulfide) groups is 1. The molecule has 1 atom stereocenters. The van der Waals surface area contributed by atoms with Crippen LogP contribution in [0.4, 0.5) is 13.2 Å². The molecule has 0 aromatic heterocycles. The topological polar surface area (TPSA) is 49.3 Å². The van der Waals surface area contributed by atoms with Crippen molar-refractivity contribution in [3.8, 4) is 0 Å². The zero-order valence-electron chi connectivity index (χ0n) is 11.2. The number of rotatable bonds is 6. The minimum atomic E-state index is -4.33. The van der Waals surface area contributed by atoms with Gasteiger partial charge in [-0.2, -0.15) is 13.2 Å². The Hall–Kier alpha value is -1.21. The number of carbonyl (C=O) groups excluding carboxylic acids is 1. The predicted octanol–water partition coefficient (Wildman–Crippen LogP) is 3.19. The van der Waals surface area contributed by atoms with E-state index >= 15 is 0 Å². The second-order valence-corrected chi connectivity index (χ2v) is 6.14. The molecule has 1 fully saturated rings. The molecule has 21 heavy (non-hydrogen) atoms. The Bertz CT molecular complexity index is 486. The summed E-state index contributed by atoms with van der Waals surface area (Å²) in [6.07, 6.45) is 2.57. The largest absolute Gasteiger partial charge is 0.446 e. The first-order chi connectivity index (χ1) is 9.89. The molecule has 1 aromatic rings. The van der Waals surface area contributed by atoms with E-state index < -0.39 is 5.51 Å². The Morgan fingerprint density at radius 2 is 1.95 bits per heavy atom. The molecule has 0 unspecified atom stereocenters. The van der Waals surface area contributed by atoms with Crippen molar-refractivity contribution >= 4 is 17.7 Å². The molecule has 0 bridgehead atoms. The molecule has 3 nitrogen and oxygen atoms in total. The van der Waals surface area contributed by atoms with Crippen LogP contribution < -0.4 is 5.32 Å². The van der Waals surface area contributed by atoms with Crippen LogP contribution in [0, 0.1) is 5.92 Å². The van der Waals surface area contributed by atoms with Crippen LogP contribution in [-0.4, -0.2) is 29.2 Å². The summed E-state index contributed by atoms with van der Waals surface area (Å²) in [5, 5.41) is 11.8. The zero-order valence-corrected chi connectivity index (χ0v) is 12.0. The molecule has 0 radical (unpaired) electrons. The summed E-state index contributed by atoms with van der Waals surface area (Å²) < 4.78 is 36.6. The molecule has 116 valence electrons. The van der Waals surface area contributed by atoms with Crippen LogP contribution in [0.5, 0.6) is 0 Å². The van der Waals surface area contributed by atoms with Gasteiger partial charge in [-0.15, -0.1) is 0 Å². The Morgan fingerprint density at radius 3 is 2.43 bits per heavy atom. The van der Waals surface area contributed by atoms with Crippen molar-refractivity contribution in [2.24, 2.45) is 5.92 Å². The summed E-state index contributed by atoms with van der Waals surface area (Å²) in [5.74, 6) is 0.0880. The van der Waals surface area contributed by atoms with Gasteiger partial charge in [0.1, 0.15) is 0 Å². The Morgan fingerprint density at radius 1 is 1.33 bits per heavy atom. The molecule has 0 heterocycles. The van der Waals surface area contributed by atoms with Crippen LogP contribution in [0.1, 0.15) is 29.6 Å². The quantitative estimate of drug-likeness (QED) is 0.792. The lowest BCUT2D eigenvalue weighted by molar-refractivity contribution is -0.0328. The van der Waals surface area contributed by atoms with E-state index in [0.29, 0.717) is 17.9 Å². The molecule has 7 heteroatoms. The Kier molecular flexibility index (Phi) is 5.16. The summed E-state index contributed by atoms with van der Waals surface area (Å²) in [4.78, 5) is 12.1. The number of carbonyl (C=O) groups is 1. The molecule has 0 spiro atoms. The van der Waals surface area contributed by atoms with Crippen LogP contribution in [0.2, 0.25) is 0 Å². The fourth-order valence-electron chi connectivity index (χ4n) is 2.12. The molecular weight excluding hydrogens is 303 g/mol. The number of hydrogen-bond donors (Lipinski definition) is 2. The van der Waals surface area contributed by atoms with Gasteiger partial charge in [0, 0.05) is 23.1 Å². The minimum absolute atomic E-state index is 0.00259. The molecule has 1 amide bonds. The minimum Gasteiger partial charge on any atom is -0.396 e. The van der Waals surface area contributed by atoms with Crippen LogP contribution >= 0.6 is 11.8 Å². The van der Waals surface area contributed by atoms with E-state index in [0.717, 1.165) is 12.8 Å². The number of amides is 1. The molecule has 1 saturated carbocycles. The van der Waals surface area contributed by atoms with Crippen molar-refractivity contribution in [2.75, 3.05) is 6.61 Å². The Labute approximate surface area is 124 Å². The van der Waals surface area contributed by atoms with E-state index in [4.69, 9.17) is 5.11 Å². The van der Waals surface area contributed by atoms with E-state index in [9.17, 15) is 18.0 Å². The van der Waals surface area contributed by atoms with Crippen molar-refractivity contribution in [1.29, 1.82) is 0 Å². The summed E-state index contributed by atoms with van der Waals surface area (Å²) in [6.45, 7) is 0.00259. The summed E-state index contributed by atoms with van der Waals surface area (Å²) in [6, 6.07) is 5.27. The van der Waals surface area contributed by atoms with Gasteiger partial charge in [0.05, 0.1) is 0 Å². The normalized spacial score (nSPS) is 16.6. The molecule has 1 aliphatic carbocycles. The Balaban J connectivity index is 1.95. The fraction of sp³-hybridized carbons (Fsp3) is 0.500. The number of aliphatic hydroxyl groups excluding tert-OH is 1. The second-order valence-electron chi connectivity index (χ2n) is 5.00. The van der Waals surface area contributed by atoms with E-state index in [1.807, 2.05) is 0 Å². The molecule has 2 N–H and O–H groups in total. The van der Waals surface area contributed by atoms with E-state index in [-0.39, 0.29) is 35.2 Å². The fourth-order valence-corrected chi connectivity index (χ4v) is 2.66. The highest BCUT2D eigenvalue weighted by Crippen LogP contribution is 2.37. The molecule has 0 aliphatic heterocycles. The van der Waals surface area contributed by atoms with Gasteiger partial charge in [-0.3, -0.25) is 4.79 Å². The third-order valence-corrected chi connectivity index (χ3v) is 4.04. The molecular formula is C14H16F3NO2S. The summed E-state index contributed by atoms with van der Waals surface area (Å²) in [7, 11) is 0. The van der Waals surface area contributed by atoms with Gasteiger partial charge in [0.25, 0.3) is 5.91 Å². The lowest BCUT2D eigenvalue weighted by Crippen LogP contribution is -2.37. The van der Waals surface area contributed by atoms with Crippen LogP contribution in [0.3, 0.4) is 0 Å². The summed E-state index contributed by atoms with van der Waals surface area (Å²) >= 11 is -0.207. The maximum absolute atomic E-state index is 12.2. The third-order valence-electron chi connectivity index (χ3n) is 3.30. The van der Waals surface area contributed by atoms with Crippen molar-refractivity contribution in [2.45, 2.75) is 35.7 Å². The van der Waals surface area contributed by atoms with Gasteiger partial charge in [-0.05, 0) is 61.2 Å². The van der Waals surface area contributed by atoms with E-state index in [1.54, 1.807) is 0 Å². The monoisotopic (exact) mass is 319 g/mol. The zero-order chi connectivity index (χ0) is 15.5.